The van der Waals surface area contributed by atoms with Crippen LogP contribution in [0.25, 0.3) is 43.8 Å². The van der Waals surface area contributed by atoms with Gasteiger partial charge in [-0.25, -0.2) is 0 Å². The SMILES string of the molecule is CCC(=O)[NH][In][NH]C(=O)CC.Cc1cc2c(-c3ccccc3)cccc2[cH-]1.Cc1cc2c(-c3ccccc3)cccc2[cH-]1.[Zr+2]. The van der Waals surface area contributed by atoms with Crippen LogP contribution in [0.2, 0.25) is 0 Å². The average Bonchev–Trinajstić information content (AvgIpc) is 3.62. The minimum atomic E-state index is -1.32. The Labute approximate surface area is 292 Å². The molecule has 6 heteroatoms. The molecular weight excluding hydrogens is 722 g/mol. The van der Waals surface area contributed by atoms with E-state index >= 15 is 0 Å². The van der Waals surface area contributed by atoms with Crippen LogP contribution in [0.4, 0.5) is 0 Å². The molecule has 0 atom stereocenters. The van der Waals surface area contributed by atoms with Gasteiger partial charge in [0.15, 0.2) is 0 Å². The molecule has 4 nitrogen and oxygen atoms in total. The van der Waals surface area contributed by atoms with Crippen LogP contribution in [0.15, 0.2) is 121 Å². The van der Waals surface area contributed by atoms with E-state index in [1.165, 1.54) is 54.9 Å². The predicted molar refractivity (Wildman–Crippen MR) is 182 cm³/mol. The summed E-state index contributed by atoms with van der Waals surface area (Å²) in [6, 6.07) is 43.1. The maximum Gasteiger partial charge on any atom is 2.00 e. The molecule has 0 aliphatic carbocycles. The third-order valence-electron chi connectivity index (χ3n) is 7.07. The molecule has 0 saturated heterocycles. The molecule has 0 unspecified atom stereocenters. The van der Waals surface area contributed by atoms with E-state index in [1.807, 2.05) is 0 Å². The number of hydrogen-bond acceptors (Lipinski definition) is 2. The fraction of sp³-hybridized carbons (Fsp3) is 0.158. The van der Waals surface area contributed by atoms with Crippen LogP contribution in [0.1, 0.15) is 37.8 Å². The van der Waals surface area contributed by atoms with E-state index in [2.05, 4.69) is 142 Å². The van der Waals surface area contributed by atoms with Gasteiger partial charge in [0.05, 0.1) is 0 Å². The maximum absolute atomic E-state index is 10.7. The zero-order valence-corrected chi connectivity index (χ0v) is 31.6. The van der Waals surface area contributed by atoms with Crippen molar-refractivity contribution in [3.63, 3.8) is 0 Å². The molecular formula is C38H38InN2O2Zr. The maximum atomic E-state index is 10.7. The van der Waals surface area contributed by atoms with Crippen molar-refractivity contribution in [1.29, 1.82) is 0 Å². The zero-order valence-electron chi connectivity index (χ0n) is 25.9. The largest absolute Gasteiger partial charge is 2.00 e. The van der Waals surface area contributed by atoms with Crippen LogP contribution in [0, 0.1) is 13.8 Å². The summed E-state index contributed by atoms with van der Waals surface area (Å²) in [7, 11) is 0. The second-order valence-electron chi connectivity index (χ2n) is 10.4. The van der Waals surface area contributed by atoms with E-state index in [0.717, 1.165) is 0 Å². The number of aryl methyl sites for hydroxylation is 2. The molecule has 6 aromatic rings. The van der Waals surface area contributed by atoms with Gasteiger partial charge in [0.25, 0.3) is 0 Å². The molecule has 0 aliphatic heterocycles. The quantitative estimate of drug-likeness (QED) is 0.167. The van der Waals surface area contributed by atoms with Crippen LogP contribution < -0.4 is 6.61 Å². The number of hydrogen-bond donors (Lipinski definition) is 2. The van der Waals surface area contributed by atoms with Crippen molar-refractivity contribution in [2.75, 3.05) is 0 Å². The molecule has 0 heterocycles. The summed E-state index contributed by atoms with van der Waals surface area (Å²) in [6.07, 6.45) is 0.988. The zero-order chi connectivity index (χ0) is 30.6. The fourth-order valence-electron chi connectivity index (χ4n) is 4.91. The normalized spacial score (nSPS) is 10.0. The summed E-state index contributed by atoms with van der Waals surface area (Å²) in [4.78, 5) is 21.3. The van der Waals surface area contributed by atoms with Gasteiger partial charge < -0.3 is 0 Å². The molecule has 44 heavy (non-hydrogen) atoms. The first-order valence-corrected chi connectivity index (χ1v) is 18.0. The van der Waals surface area contributed by atoms with Crippen LogP contribution >= 0.6 is 0 Å². The van der Waals surface area contributed by atoms with Crippen LogP contribution in [-0.4, -0.2) is 35.3 Å². The van der Waals surface area contributed by atoms with Gasteiger partial charge in [-0.3, -0.25) is 0 Å². The summed E-state index contributed by atoms with van der Waals surface area (Å²) in [6.45, 7) is 7.88. The van der Waals surface area contributed by atoms with E-state index in [9.17, 15) is 9.59 Å². The average molecular weight is 761 g/mol. The molecule has 6 aromatic carbocycles. The van der Waals surface area contributed by atoms with Gasteiger partial charge in [-0.1, -0.05) is 97.8 Å². The number of amides is 2. The van der Waals surface area contributed by atoms with Crippen molar-refractivity contribution >= 4 is 56.8 Å². The first-order valence-electron chi connectivity index (χ1n) is 14.7. The molecule has 2 N–H and O–H groups in total. The minimum absolute atomic E-state index is 0. The number of rotatable bonds is 6. The Bertz CT molecular complexity index is 1640. The first-order chi connectivity index (χ1) is 20.9. The standard InChI is InChI=1S/2C16H13.2C3H7NO.In.Zr/c2*1-12-10-14-8-5-9-15(16(14)11-12)13-6-3-2-4-7-13;2*1-2-3(4)5;;/h2*2-11H,1H3;2*2H2,1H3,(H2,4,5);;/q2*-1;;;2*+2/p-2. The summed E-state index contributed by atoms with van der Waals surface area (Å²) in [5.74, 6) is 0.0604. The predicted octanol–water partition coefficient (Wildman–Crippen LogP) is 8.64. The van der Waals surface area contributed by atoms with Gasteiger partial charge in [0.2, 0.25) is 0 Å². The first kappa shape index (κ1) is 35.3. The summed E-state index contributed by atoms with van der Waals surface area (Å²) >= 11 is -1.32. The molecule has 0 spiro atoms. The van der Waals surface area contributed by atoms with Crippen molar-refractivity contribution in [2.24, 2.45) is 0 Å². The van der Waals surface area contributed by atoms with Gasteiger partial charge in [-0.05, 0) is 11.1 Å². The minimum Gasteiger partial charge on any atom is -0.165 e. The number of carbonyl (C=O) groups is 2. The Morgan fingerprint density at radius 1 is 0.591 bits per heavy atom. The van der Waals surface area contributed by atoms with E-state index in [-0.39, 0.29) is 38.0 Å². The molecule has 0 fully saturated rings. The van der Waals surface area contributed by atoms with E-state index in [0.29, 0.717) is 12.8 Å². The molecule has 0 aromatic heterocycles. The Balaban J connectivity index is 0.000000183. The molecule has 0 saturated carbocycles. The summed E-state index contributed by atoms with van der Waals surface area (Å²) < 4.78 is 5.43. The Morgan fingerprint density at radius 2 is 0.977 bits per heavy atom. The molecule has 2 amide bonds. The smallest absolute Gasteiger partial charge is 0.165 e. The monoisotopic (exact) mass is 759 g/mol. The van der Waals surface area contributed by atoms with Crippen LogP contribution in [-0.2, 0) is 35.8 Å². The number of benzene rings is 4. The van der Waals surface area contributed by atoms with E-state index in [1.54, 1.807) is 13.8 Å². The Kier molecular flexibility index (Phi) is 14.4. The third-order valence-corrected chi connectivity index (χ3v) is 9.73. The number of nitrogens with one attached hydrogen (secondary N) is 2. The van der Waals surface area contributed by atoms with Gasteiger partial charge in [0, 0.05) is 0 Å². The van der Waals surface area contributed by atoms with Crippen LogP contribution in [0.5, 0.6) is 0 Å². The van der Waals surface area contributed by atoms with Gasteiger partial charge in [0.1, 0.15) is 0 Å². The second kappa shape index (κ2) is 17.9. The number of fused-ring (bicyclic) bond motifs is 2. The van der Waals surface area contributed by atoms with Crippen molar-refractivity contribution in [3.8, 4) is 22.3 Å². The van der Waals surface area contributed by atoms with Crippen molar-refractivity contribution in [3.05, 3.63) is 132 Å². The fourth-order valence-corrected chi connectivity index (χ4v) is 7.20. The van der Waals surface area contributed by atoms with Gasteiger partial charge >= 0.3 is 104 Å². The third kappa shape index (κ3) is 9.91. The number of carbonyl (C=O) groups excluding carboxylic acids is 2. The topological polar surface area (TPSA) is 58.2 Å². The van der Waals surface area contributed by atoms with Gasteiger partial charge in [-0.2, -0.15) is 12.1 Å². The Hall–Kier alpha value is -3.21. The molecule has 1 radical (unpaired) electrons. The Morgan fingerprint density at radius 3 is 1.34 bits per heavy atom. The van der Waals surface area contributed by atoms with Crippen LogP contribution in [0.3, 0.4) is 0 Å². The second-order valence-corrected chi connectivity index (χ2v) is 12.9. The summed E-state index contributed by atoms with van der Waals surface area (Å²) in [5, 5.41) is 5.37. The van der Waals surface area contributed by atoms with Crippen molar-refractivity contribution < 1.29 is 35.8 Å². The molecule has 0 bridgehead atoms. The molecule has 219 valence electrons. The summed E-state index contributed by atoms with van der Waals surface area (Å²) in [5.41, 5.74) is 7.89. The van der Waals surface area contributed by atoms with Gasteiger partial charge in [-0.15, -0.1) is 69.1 Å². The van der Waals surface area contributed by atoms with E-state index < -0.39 is 23.5 Å². The van der Waals surface area contributed by atoms with Crippen molar-refractivity contribution in [1.82, 2.24) is 6.61 Å². The van der Waals surface area contributed by atoms with E-state index in [4.69, 9.17) is 0 Å². The molecule has 6 rings (SSSR count). The molecule has 0 aliphatic rings. The van der Waals surface area contributed by atoms with Crippen molar-refractivity contribution in [2.45, 2.75) is 40.5 Å².